The zero-order chi connectivity index (χ0) is 13.3. The maximum Gasteiger partial charge on any atom is 0.0685 e. The monoisotopic (exact) mass is 249 g/mol. The molecule has 0 spiro atoms. The third-order valence-electron chi connectivity index (χ3n) is 3.82. The number of nitrogens with zero attached hydrogens (tertiary/aromatic N) is 1. The van der Waals surface area contributed by atoms with E-state index in [0.717, 1.165) is 30.6 Å². The molecule has 1 aromatic carbocycles. The van der Waals surface area contributed by atoms with Crippen molar-refractivity contribution in [2.45, 2.75) is 52.5 Å². The molecule has 1 aliphatic heterocycles. The van der Waals surface area contributed by atoms with Gasteiger partial charge in [0.2, 0.25) is 0 Å². The second-order valence-electron chi connectivity index (χ2n) is 6.05. The second-order valence-corrected chi connectivity index (χ2v) is 6.05. The van der Waals surface area contributed by atoms with Crippen molar-refractivity contribution in [3.05, 3.63) is 34.4 Å². The van der Waals surface area contributed by atoms with Crippen LogP contribution in [0.1, 0.15) is 43.0 Å². The van der Waals surface area contributed by atoms with Crippen molar-refractivity contribution in [3.8, 4) is 0 Å². The molecule has 3 heteroatoms. The van der Waals surface area contributed by atoms with Gasteiger partial charge in [0.15, 0.2) is 0 Å². The van der Waals surface area contributed by atoms with Crippen LogP contribution in [-0.2, 0) is 26.2 Å². The molecule has 18 heavy (non-hydrogen) atoms. The van der Waals surface area contributed by atoms with E-state index >= 15 is 0 Å². The maximum atomic E-state index is 9.35. The van der Waals surface area contributed by atoms with Gasteiger partial charge in [0.05, 0.1) is 13.2 Å². The first-order valence-electron chi connectivity index (χ1n) is 6.56. The molecule has 0 radical (unpaired) electrons. The third kappa shape index (κ3) is 2.58. The predicted molar refractivity (Wildman–Crippen MR) is 72.2 cm³/mol. The van der Waals surface area contributed by atoms with Gasteiger partial charge in [0.1, 0.15) is 0 Å². The van der Waals surface area contributed by atoms with Crippen LogP contribution in [0.3, 0.4) is 0 Å². The standard InChI is InChI=1S/C15H23NO2/c1-15(2,3)16-5-4-11-6-13(9-17)14(10-18)7-12(11)8-16/h6-7,17-18H,4-5,8-10H2,1-3H3. The Kier molecular flexibility index (Phi) is 3.76. The third-order valence-corrected chi connectivity index (χ3v) is 3.82. The van der Waals surface area contributed by atoms with Crippen molar-refractivity contribution in [3.63, 3.8) is 0 Å². The molecule has 100 valence electrons. The summed E-state index contributed by atoms with van der Waals surface area (Å²) >= 11 is 0. The Labute approximate surface area is 109 Å². The first kappa shape index (κ1) is 13.5. The highest BCUT2D eigenvalue weighted by Crippen LogP contribution is 2.27. The molecule has 2 N–H and O–H groups in total. The van der Waals surface area contributed by atoms with Crippen LogP contribution in [0.2, 0.25) is 0 Å². The fourth-order valence-electron chi connectivity index (χ4n) is 2.58. The molecule has 2 rings (SSSR count). The predicted octanol–water partition coefficient (Wildman–Crippen LogP) is 1.83. The van der Waals surface area contributed by atoms with Crippen LogP contribution in [0.5, 0.6) is 0 Å². The lowest BCUT2D eigenvalue weighted by Gasteiger charge is -2.39. The van der Waals surface area contributed by atoms with Gasteiger partial charge in [-0.1, -0.05) is 12.1 Å². The lowest BCUT2D eigenvalue weighted by Crippen LogP contribution is -2.44. The number of hydrogen-bond donors (Lipinski definition) is 2. The quantitative estimate of drug-likeness (QED) is 0.840. The molecule has 1 aliphatic rings. The molecule has 0 saturated heterocycles. The van der Waals surface area contributed by atoms with Crippen LogP contribution >= 0.6 is 0 Å². The van der Waals surface area contributed by atoms with Crippen molar-refractivity contribution in [1.82, 2.24) is 4.90 Å². The number of aliphatic hydroxyl groups excluding tert-OH is 2. The van der Waals surface area contributed by atoms with Gasteiger partial charge in [-0.05, 0) is 49.4 Å². The van der Waals surface area contributed by atoms with Crippen LogP contribution in [0, 0.1) is 0 Å². The molecule has 3 nitrogen and oxygen atoms in total. The summed E-state index contributed by atoms with van der Waals surface area (Å²) in [6.45, 7) is 8.68. The van der Waals surface area contributed by atoms with E-state index in [0.29, 0.717) is 0 Å². The van der Waals surface area contributed by atoms with E-state index in [1.54, 1.807) is 0 Å². The Morgan fingerprint density at radius 1 is 1.06 bits per heavy atom. The lowest BCUT2D eigenvalue weighted by molar-refractivity contribution is 0.120. The molecule has 0 aromatic heterocycles. The van der Waals surface area contributed by atoms with Gasteiger partial charge in [-0.25, -0.2) is 0 Å². The van der Waals surface area contributed by atoms with Crippen molar-refractivity contribution in [2.24, 2.45) is 0 Å². The zero-order valence-corrected chi connectivity index (χ0v) is 11.5. The number of benzene rings is 1. The van der Waals surface area contributed by atoms with Crippen molar-refractivity contribution in [2.75, 3.05) is 6.54 Å². The largest absolute Gasteiger partial charge is 0.392 e. The Hall–Kier alpha value is -0.900. The van der Waals surface area contributed by atoms with E-state index in [9.17, 15) is 10.2 Å². The van der Waals surface area contributed by atoms with Crippen LogP contribution in [0.4, 0.5) is 0 Å². The van der Waals surface area contributed by atoms with Crippen LogP contribution in [-0.4, -0.2) is 27.2 Å². The van der Waals surface area contributed by atoms with E-state index in [4.69, 9.17) is 0 Å². The van der Waals surface area contributed by atoms with Gasteiger partial charge in [0, 0.05) is 18.6 Å². The molecule has 0 aliphatic carbocycles. The highest BCUT2D eigenvalue weighted by molar-refractivity contribution is 5.39. The summed E-state index contributed by atoms with van der Waals surface area (Å²) in [5.74, 6) is 0. The Bertz CT molecular complexity index is 435. The number of rotatable bonds is 2. The Balaban J connectivity index is 2.33. The summed E-state index contributed by atoms with van der Waals surface area (Å²) in [7, 11) is 0. The SMILES string of the molecule is CC(C)(C)N1CCc2cc(CO)c(CO)cc2C1. The van der Waals surface area contributed by atoms with Gasteiger partial charge in [-0.15, -0.1) is 0 Å². The van der Waals surface area contributed by atoms with E-state index in [1.807, 2.05) is 0 Å². The summed E-state index contributed by atoms with van der Waals surface area (Å²) in [4.78, 5) is 2.45. The molecule has 0 fully saturated rings. The van der Waals surface area contributed by atoms with Gasteiger partial charge in [-0.2, -0.15) is 0 Å². The first-order valence-corrected chi connectivity index (χ1v) is 6.56. The van der Waals surface area contributed by atoms with Gasteiger partial charge >= 0.3 is 0 Å². The van der Waals surface area contributed by atoms with E-state index < -0.39 is 0 Å². The summed E-state index contributed by atoms with van der Waals surface area (Å²) < 4.78 is 0. The summed E-state index contributed by atoms with van der Waals surface area (Å²) in [5, 5.41) is 18.7. The minimum atomic E-state index is -0.00130. The van der Waals surface area contributed by atoms with Gasteiger partial charge in [-0.3, -0.25) is 4.90 Å². The smallest absolute Gasteiger partial charge is 0.0685 e. The average molecular weight is 249 g/mol. The molecule has 0 atom stereocenters. The van der Waals surface area contributed by atoms with Gasteiger partial charge < -0.3 is 10.2 Å². The Morgan fingerprint density at radius 2 is 1.61 bits per heavy atom. The van der Waals surface area contributed by atoms with E-state index in [1.165, 1.54) is 11.1 Å². The molecule has 1 heterocycles. The van der Waals surface area contributed by atoms with E-state index in [-0.39, 0.29) is 18.8 Å². The summed E-state index contributed by atoms with van der Waals surface area (Å²) in [6.07, 6.45) is 1.02. The van der Waals surface area contributed by atoms with Crippen LogP contribution < -0.4 is 0 Å². The zero-order valence-electron chi connectivity index (χ0n) is 11.5. The number of hydrogen-bond acceptors (Lipinski definition) is 3. The van der Waals surface area contributed by atoms with Gasteiger partial charge in [0.25, 0.3) is 0 Å². The normalized spacial score (nSPS) is 16.7. The maximum absolute atomic E-state index is 9.35. The Morgan fingerprint density at radius 3 is 2.11 bits per heavy atom. The molecule has 1 aromatic rings. The summed E-state index contributed by atoms with van der Waals surface area (Å²) in [6, 6.07) is 4.11. The molecular formula is C15H23NO2. The molecule has 0 unspecified atom stereocenters. The van der Waals surface area contributed by atoms with Crippen LogP contribution in [0.15, 0.2) is 12.1 Å². The van der Waals surface area contributed by atoms with Crippen molar-refractivity contribution in [1.29, 1.82) is 0 Å². The topological polar surface area (TPSA) is 43.7 Å². The van der Waals surface area contributed by atoms with Crippen molar-refractivity contribution >= 4 is 0 Å². The second kappa shape index (κ2) is 5.00. The highest BCUT2D eigenvalue weighted by atomic mass is 16.3. The first-order chi connectivity index (χ1) is 8.45. The fourth-order valence-corrected chi connectivity index (χ4v) is 2.58. The minimum absolute atomic E-state index is 0.00130. The minimum Gasteiger partial charge on any atom is -0.392 e. The molecule has 0 bridgehead atoms. The highest BCUT2D eigenvalue weighted by Gasteiger charge is 2.26. The summed E-state index contributed by atoms with van der Waals surface area (Å²) in [5.41, 5.74) is 4.49. The van der Waals surface area contributed by atoms with E-state index in [2.05, 4.69) is 37.8 Å². The fraction of sp³-hybridized carbons (Fsp3) is 0.600. The van der Waals surface area contributed by atoms with Crippen LogP contribution in [0.25, 0.3) is 0 Å². The molecule has 0 amide bonds. The average Bonchev–Trinajstić information content (AvgIpc) is 2.35. The number of fused-ring (bicyclic) bond motifs is 1. The molecular weight excluding hydrogens is 226 g/mol. The molecule has 0 saturated carbocycles. The van der Waals surface area contributed by atoms with Crippen molar-refractivity contribution < 1.29 is 10.2 Å². The lowest BCUT2D eigenvalue weighted by atomic mass is 9.91. The number of aliphatic hydroxyl groups is 2.